The van der Waals surface area contributed by atoms with E-state index in [2.05, 4.69) is 14.8 Å². The van der Waals surface area contributed by atoms with E-state index < -0.39 is 0 Å². The first-order chi connectivity index (χ1) is 6.16. The van der Waals surface area contributed by atoms with Crippen LogP contribution in [-0.2, 0) is 19.1 Å². The SMILES string of the molecule is CCOC(=O)CNCCOC(C)=O.Cl. The minimum atomic E-state index is -0.321. The van der Waals surface area contributed by atoms with Crippen LogP contribution in [0.1, 0.15) is 13.8 Å². The van der Waals surface area contributed by atoms with E-state index in [1.807, 2.05) is 0 Å². The van der Waals surface area contributed by atoms with E-state index in [-0.39, 0.29) is 37.5 Å². The first-order valence-corrected chi connectivity index (χ1v) is 4.16. The van der Waals surface area contributed by atoms with Crippen LogP contribution in [0.2, 0.25) is 0 Å². The van der Waals surface area contributed by atoms with Crippen LogP contribution in [0.25, 0.3) is 0 Å². The lowest BCUT2D eigenvalue weighted by Gasteiger charge is -2.04. The molecule has 0 aromatic rings. The molecule has 0 aliphatic carbocycles. The third kappa shape index (κ3) is 11.2. The van der Waals surface area contributed by atoms with Crippen LogP contribution in [-0.4, -0.2) is 38.2 Å². The molecule has 0 radical (unpaired) electrons. The lowest BCUT2D eigenvalue weighted by atomic mass is 10.6. The average molecular weight is 226 g/mol. The fraction of sp³-hybridized carbons (Fsp3) is 0.750. The number of hydrogen-bond donors (Lipinski definition) is 1. The van der Waals surface area contributed by atoms with Crippen molar-refractivity contribution in [2.75, 3.05) is 26.3 Å². The highest BCUT2D eigenvalue weighted by Gasteiger charge is 1.99. The molecule has 14 heavy (non-hydrogen) atoms. The van der Waals surface area contributed by atoms with Crippen molar-refractivity contribution in [2.45, 2.75) is 13.8 Å². The van der Waals surface area contributed by atoms with Crippen molar-refractivity contribution in [3.63, 3.8) is 0 Å². The maximum atomic E-state index is 10.7. The number of ether oxygens (including phenoxy) is 2. The summed E-state index contributed by atoms with van der Waals surface area (Å²) in [4.78, 5) is 21.0. The van der Waals surface area contributed by atoms with Crippen molar-refractivity contribution in [1.82, 2.24) is 5.32 Å². The van der Waals surface area contributed by atoms with E-state index in [1.165, 1.54) is 6.92 Å². The van der Waals surface area contributed by atoms with Gasteiger partial charge in [-0.05, 0) is 6.92 Å². The van der Waals surface area contributed by atoms with Crippen LogP contribution < -0.4 is 5.32 Å². The molecule has 0 heterocycles. The molecule has 0 aromatic heterocycles. The molecule has 5 nitrogen and oxygen atoms in total. The van der Waals surface area contributed by atoms with Gasteiger partial charge in [0.2, 0.25) is 0 Å². The molecule has 0 saturated heterocycles. The standard InChI is InChI=1S/C8H15NO4.ClH/c1-3-12-8(11)6-9-4-5-13-7(2)10;/h9H,3-6H2,1-2H3;1H. The van der Waals surface area contributed by atoms with Crippen molar-refractivity contribution < 1.29 is 19.1 Å². The zero-order valence-electron chi connectivity index (χ0n) is 8.37. The number of hydrogen-bond acceptors (Lipinski definition) is 5. The highest BCUT2D eigenvalue weighted by atomic mass is 35.5. The summed E-state index contributed by atoms with van der Waals surface area (Å²) in [5.41, 5.74) is 0. The smallest absolute Gasteiger partial charge is 0.319 e. The number of rotatable bonds is 6. The van der Waals surface area contributed by atoms with Gasteiger partial charge >= 0.3 is 11.9 Å². The number of carbonyl (C=O) groups excluding carboxylic acids is 2. The van der Waals surface area contributed by atoms with E-state index in [0.717, 1.165) is 0 Å². The number of esters is 2. The number of carbonyl (C=O) groups is 2. The normalized spacial score (nSPS) is 8.71. The summed E-state index contributed by atoms with van der Waals surface area (Å²) in [5.74, 6) is -0.622. The Morgan fingerprint density at radius 2 is 1.93 bits per heavy atom. The van der Waals surface area contributed by atoms with Gasteiger partial charge in [-0.1, -0.05) is 0 Å². The predicted molar refractivity (Wildman–Crippen MR) is 53.4 cm³/mol. The number of halogens is 1. The van der Waals surface area contributed by atoms with E-state index in [1.54, 1.807) is 6.92 Å². The first-order valence-electron chi connectivity index (χ1n) is 4.16. The quantitative estimate of drug-likeness (QED) is 0.514. The fourth-order valence-corrected chi connectivity index (χ4v) is 0.669. The monoisotopic (exact) mass is 225 g/mol. The maximum Gasteiger partial charge on any atom is 0.319 e. The topological polar surface area (TPSA) is 64.6 Å². The molecule has 1 N–H and O–H groups in total. The summed E-state index contributed by atoms with van der Waals surface area (Å²) in [6.07, 6.45) is 0. The molecule has 84 valence electrons. The minimum Gasteiger partial charge on any atom is -0.465 e. The van der Waals surface area contributed by atoms with Gasteiger partial charge in [0.05, 0.1) is 13.2 Å². The van der Waals surface area contributed by atoms with Crippen molar-refractivity contribution in [3.8, 4) is 0 Å². The molecule has 0 spiro atoms. The van der Waals surface area contributed by atoms with Gasteiger partial charge in [-0.25, -0.2) is 0 Å². The minimum absolute atomic E-state index is 0. The lowest BCUT2D eigenvalue weighted by molar-refractivity contribution is -0.142. The van der Waals surface area contributed by atoms with Gasteiger partial charge in [0.1, 0.15) is 6.61 Å². The third-order valence-corrected chi connectivity index (χ3v) is 1.16. The Hall–Kier alpha value is -0.810. The third-order valence-electron chi connectivity index (χ3n) is 1.16. The van der Waals surface area contributed by atoms with E-state index in [4.69, 9.17) is 0 Å². The largest absolute Gasteiger partial charge is 0.465 e. The van der Waals surface area contributed by atoms with E-state index in [0.29, 0.717) is 13.2 Å². The molecular formula is C8H16ClNO4. The van der Waals surface area contributed by atoms with Crippen LogP contribution in [0.3, 0.4) is 0 Å². The highest BCUT2D eigenvalue weighted by Crippen LogP contribution is 1.76. The molecule has 0 aliphatic heterocycles. The van der Waals surface area contributed by atoms with Crippen LogP contribution in [0.5, 0.6) is 0 Å². The second-order valence-corrected chi connectivity index (χ2v) is 2.32. The zero-order chi connectivity index (χ0) is 10.1. The van der Waals surface area contributed by atoms with Crippen molar-refractivity contribution in [2.24, 2.45) is 0 Å². The molecule has 0 fully saturated rings. The molecule has 0 aliphatic rings. The van der Waals surface area contributed by atoms with Crippen LogP contribution in [0.15, 0.2) is 0 Å². The summed E-state index contributed by atoms with van der Waals surface area (Å²) in [6, 6.07) is 0. The number of nitrogens with one attached hydrogen (secondary N) is 1. The van der Waals surface area contributed by atoms with Gasteiger partial charge < -0.3 is 14.8 Å². The first kappa shape index (κ1) is 15.7. The van der Waals surface area contributed by atoms with Crippen molar-refractivity contribution in [3.05, 3.63) is 0 Å². The zero-order valence-corrected chi connectivity index (χ0v) is 9.19. The fourth-order valence-electron chi connectivity index (χ4n) is 0.669. The Bertz CT molecular complexity index is 175. The summed E-state index contributed by atoms with van der Waals surface area (Å²) in [5, 5.41) is 2.77. The van der Waals surface area contributed by atoms with Crippen LogP contribution >= 0.6 is 12.4 Å². The maximum absolute atomic E-state index is 10.7. The van der Waals surface area contributed by atoms with Gasteiger partial charge in [-0.3, -0.25) is 9.59 Å². The Morgan fingerprint density at radius 3 is 2.43 bits per heavy atom. The Kier molecular flexibility index (Phi) is 11.5. The van der Waals surface area contributed by atoms with Crippen molar-refractivity contribution >= 4 is 24.3 Å². The molecule has 0 aromatic carbocycles. The molecule has 0 rings (SSSR count). The van der Waals surface area contributed by atoms with Gasteiger partial charge in [0.15, 0.2) is 0 Å². The summed E-state index contributed by atoms with van der Waals surface area (Å²) in [7, 11) is 0. The Balaban J connectivity index is 0. The molecule has 0 atom stereocenters. The van der Waals surface area contributed by atoms with Gasteiger partial charge in [0, 0.05) is 13.5 Å². The van der Waals surface area contributed by atoms with Crippen molar-refractivity contribution in [1.29, 1.82) is 0 Å². The predicted octanol–water partition coefficient (Wildman–Crippen LogP) is 0.124. The second-order valence-electron chi connectivity index (χ2n) is 2.32. The summed E-state index contributed by atoms with van der Waals surface area (Å²) in [6.45, 7) is 4.34. The second kappa shape index (κ2) is 10.3. The van der Waals surface area contributed by atoms with Crippen LogP contribution in [0, 0.1) is 0 Å². The molecular weight excluding hydrogens is 210 g/mol. The lowest BCUT2D eigenvalue weighted by Crippen LogP contribution is -2.28. The molecule has 0 unspecified atom stereocenters. The molecule has 0 saturated carbocycles. The Morgan fingerprint density at radius 1 is 1.29 bits per heavy atom. The van der Waals surface area contributed by atoms with Gasteiger partial charge in [-0.2, -0.15) is 0 Å². The van der Waals surface area contributed by atoms with Crippen LogP contribution in [0.4, 0.5) is 0 Å². The summed E-state index contributed by atoms with van der Waals surface area (Å²) < 4.78 is 9.29. The molecule has 0 bridgehead atoms. The average Bonchev–Trinajstić information content (AvgIpc) is 2.03. The molecule has 0 amide bonds. The molecule has 6 heteroatoms. The Labute approximate surface area is 89.5 Å². The highest BCUT2D eigenvalue weighted by molar-refractivity contribution is 5.85. The van der Waals surface area contributed by atoms with Gasteiger partial charge in [-0.15, -0.1) is 12.4 Å². The van der Waals surface area contributed by atoms with E-state index in [9.17, 15) is 9.59 Å². The van der Waals surface area contributed by atoms with E-state index >= 15 is 0 Å². The van der Waals surface area contributed by atoms with Gasteiger partial charge in [0.25, 0.3) is 0 Å². The summed E-state index contributed by atoms with van der Waals surface area (Å²) >= 11 is 0.